The molecule has 2 aromatic carbocycles. The first-order valence-electron chi connectivity index (χ1n) is 9.29. The van der Waals surface area contributed by atoms with Crippen molar-refractivity contribution in [2.24, 2.45) is 0 Å². The zero-order valence-corrected chi connectivity index (χ0v) is 17.4. The molecular weight excluding hydrogens is 410 g/mol. The number of amides is 1. The third-order valence-electron chi connectivity index (χ3n) is 4.59. The number of benzene rings is 2. The van der Waals surface area contributed by atoms with Gasteiger partial charge in [-0.25, -0.2) is 4.98 Å². The second kappa shape index (κ2) is 8.52. The Kier molecular flexibility index (Phi) is 5.84. The third kappa shape index (κ3) is 4.14. The smallest absolute Gasteiger partial charge is 0.224 e. The second-order valence-electron chi connectivity index (χ2n) is 6.58. The van der Waals surface area contributed by atoms with E-state index in [1.807, 2.05) is 31.2 Å². The Morgan fingerprint density at radius 1 is 1.28 bits per heavy atom. The SMILES string of the molecule is CCNC(=O)CCSc1nc(N)nc(-c2c(Cl)cc3c4c(cccc24)COC3)n1. The van der Waals surface area contributed by atoms with Crippen LogP contribution in [-0.2, 0) is 22.7 Å². The van der Waals surface area contributed by atoms with Gasteiger partial charge in [-0.15, -0.1) is 0 Å². The minimum atomic E-state index is -0.00363. The fraction of sp³-hybridized carbons (Fsp3) is 0.300. The molecule has 9 heteroatoms. The maximum Gasteiger partial charge on any atom is 0.224 e. The number of nitrogens with zero attached hydrogens (tertiary/aromatic N) is 3. The number of hydrogen-bond acceptors (Lipinski definition) is 7. The summed E-state index contributed by atoms with van der Waals surface area (Å²) in [6.07, 6.45) is 0.376. The Labute approximate surface area is 177 Å². The number of aromatic nitrogens is 3. The van der Waals surface area contributed by atoms with Gasteiger partial charge in [0, 0.05) is 24.3 Å². The van der Waals surface area contributed by atoms with Gasteiger partial charge in [0.1, 0.15) is 0 Å². The molecule has 2 heterocycles. The Morgan fingerprint density at radius 2 is 2.10 bits per heavy atom. The standard InChI is InChI=1S/C20H20ClN5O2S/c1-2-23-15(27)6-7-29-20-25-18(24-19(22)26-20)17-13-5-3-4-11-9-28-10-12(16(11)13)8-14(17)21/h3-5,8H,2,6-7,9-10H2,1H3,(H,23,27)(H2,22,24,25,26). The highest BCUT2D eigenvalue weighted by Crippen LogP contribution is 2.39. The van der Waals surface area contributed by atoms with Crippen molar-refractivity contribution in [1.82, 2.24) is 20.3 Å². The van der Waals surface area contributed by atoms with Crippen LogP contribution in [0.4, 0.5) is 5.95 Å². The van der Waals surface area contributed by atoms with E-state index >= 15 is 0 Å². The summed E-state index contributed by atoms with van der Waals surface area (Å²) in [7, 11) is 0. The number of carbonyl (C=O) groups is 1. The van der Waals surface area contributed by atoms with Crippen LogP contribution >= 0.6 is 23.4 Å². The number of hydrogen-bond donors (Lipinski definition) is 2. The lowest BCUT2D eigenvalue weighted by Gasteiger charge is -2.20. The number of nitrogens with one attached hydrogen (secondary N) is 1. The van der Waals surface area contributed by atoms with Gasteiger partial charge in [-0.1, -0.05) is 41.6 Å². The van der Waals surface area contributed by atoms with Gasteiger partial charge in [-0.2, -0.15) is 9.97 Å². The van der Waals surface area contributed by atoms with Crippen molar-refractivity contribution >= 4 is 46.0 Å². The maximum absolute atomic E-state index is 11.6. The Bertz CT molecular complexity index is 1090. The van der Waals surface area contributed by atoms with Gasteiger partial charge in [0.2, 0.25) is 11.9 Å². The first-order chi connectivity index (χ1) is 14.1. The molecule has 0 saturated carbocycles. The van der Waals surface area contributed by atoms with Crippen LogP contribution in [0.3, 0.4) is 0 Å². The molecule has 0 radical (unpaired) electrons. The zero-order valence-electron chi connectivity index (χ0n) is 15.9. The molecule has 0 bridgehead atoms. The summed E-state index contributed by atoms with van der Waals surface area (Å²) in [6.45, 7) is 3.58. The summed E-state index contributed by atoms with van der Waals surface area (Å²) >= 11 is 7.99. The fourth-order valence-corrected chi connectivity index (χ4v) is 4.51. The highest BCUT2D eigenvalue weighted by molar-refractivity contribution is 7.99. The van der Waals surface area contributed by atoms with Crippen molar-refractivity contribution in [1.29, 1.82) is 0 Å². The van der Waals surface area contributed by atoms with Crippen LogP contribution in [0.2, 0.25) is 5.02 Å². The largest absolute Gasteiger partial charge is 0.372 e. The van der Waals surface area contributed by atoms with E-state index in [0.717, 1.165) is 27.5 Å². The molecule has 3 aromatic rings. The van der Waals surface area contributed by atoms with Crippen LogP contribution in [0.25, 0.3) is 22.2 Å². The van der Waals surface area contributed by atoms with Gasteiger partial charge >= 0.3 is 0 Å². The lowest BCUT2D eigenvalue weighted by atomic mass is 9.94. The number of halogens is 1. The molecule has 1 amide bonds. The average molecular weight is 430 g/mol. The molecule has 0 aliphatic carbocycles. The predicted octanol–water partition coefficient (Wildman–Crippen LogP) is 3.58. The summed E-state index contributed by atoms with van der Waals surface area (Å²) in [4.78, 5) is 24.8. The van der Waals surface area contributed by atoms with E-state index in [-0.39, 0.29) is 11.9 Å². The number of anilines is 1. The van der Waals surface area contributed by atoms with E-state index in [1.165, 1.54) is 11.8 Å². The number of nitrogens with two attached hydrogens (primary N) is 1. The normalized spacial score (nSPS) is 12.9. The molecule has 1 aromatic heterocycles. The molecule has 7 nitrogen and oxygen atoms in total. The summed E-state index contributed by atoms with van der Waals surface area (Å²) < 4.78 is 5.65. The van der Waals surface area contributed by atoms with Crippen molar-refractivity contribution in [2.45, 2.75) is 31.7 Å². The van der Waals surface area contributed by atoms with Crippen LogP contribution in [0.5, 0.6) is 0 Å². The minimum Gasteiger partial charge on any atom is -0.372 e. The van der Waals surface area contributed by atoms with Gasteiger partial charge in [-0.05, 0) is 34.9 Å². The zero-order chi connectivity index (χ0) is 20.4. The quantitative estimate of drug-likeness (QED) is 0.577. The molecule has 1 aliphatic heterocycles. The first kappa shape index (κ1) is 19.9. The van der Waals surface area contributed by atoms with Crippen molar-refractivity contribution in [3.05, 3.63) is 40.4 Å². The van der Waals surface area contributed by atoms with Crippen molar-refractivity contribution in [2.75, 3.05) is 18.0 Å². The van der Waals surface area contributed by atoms with Crippen LogP contribution in [0.1, 0.15) is 24.5 Å². The average Bonchev–Trinajstić information content (AvgIpc) is 2.68. The van der Waals surface area contributed by atoms with Crippen molar-refractivity contribution in [3.8, 4) is 11.4 Å². The lowest BCUT2D eigenvalue weighted by molar-refractivity contribution is -0.120. The molecule has 4 rings (SSSR count). The van der Waals surface area contributed by atoms with E-state index in [2.05, 4.69) is 20.3 Å². The molecule has 0 unspecified atom stereocenters. The van der Waals surface area contributed by atoms with Gasteiger partial charge in [0.05, 0.1) is 18.2 Å². The van der Waals surface area contributed by atoms with E-state index in [4.69, 9.17) is 22.1 Å². The topological polar surface area (TPSA) is 103 Å². The molecule has 0 saturated heterocycles. The van der Waals surface area contributed by atoms with E-state index in [1.54, 1.807) is 0 Å². The predicted molar refractivity (Wildman–Crippen MR) is 115 cm³/mol. The summed E-state index contributed by atoms with van der Waals surface area (Å²) in [5, 5.41) is 5.88. The molecule has 1 aliphatic rings. The molecular formula is C20H20ClN5O2S. The molecule has 29 heavy (non-hydrogen) atoms. The van der Waals surface area contributed by atoms with Gasteiger partial charge in [0.25, 0.3) is 0 Å². The second-order valence-corrected chi connectivity index (χ2v) is 8.05. The highest BCUT2D eigenvalue weighted by atomic mass is 35.5. The summed E-state index contributed by atoms with van der Waals surface area (Å²) in [5.41, 5.74) is 8.84. The minimum absolute atomic E-state index is 0.00363. The van der Waals surface area contributed by atoms with Gasteiger partial charge < -0.3 is 15.8 Å². The molecule has 150 valence electrons. The first-order valence-corrected chi connectivity index (χ1v) is 10.6. The van der Waals surface area contributed by atoms with Crippen molar-refractivity contribution < 1.29 is 9.53 Å². The van der Waals surface area contributed by atoms with Gasteiger partial charge in [0.15, 0.2) is 11.0 Å². The van der Waals surface area contributed by atoms with E-state index in [0.29, 0.717) is 47.9 Å². The summed E-state index contributed by atoms with van der Waals surface area (Å²) in [5.74, 6) is 1.09. The number of rotatable bonds is 6. The number of thioether (sulfide) groups is 1. The Morgan fingerprint density at radius 3 is 2.93 bits per heavy atom. The van der Waals surface area contributed by atoms with Crippen molar-refractivity contribution in [3.63, 3.8) is 0 Å². The van der Waals surface area contributed by atoms with Crippen LogP contribution < -0.4 is 11.1 Å². The lowest BCUT2D eigenvalue weighted by Crippen LogP contribution is -2.22. The highest BCUT2D eigenvalue weighted by Gasteiger charge is 2.21. The van der Waals surface area contributed by atoms with Gasteiger partial charge in [-0.3, -0.25) is 4.79 Å². The monoisotopic (exact) mass is 429 g/mol. The molecule has 0 atom stereocenters. The molecule has 0 fully saturated rings. The van der Waals surface area contributed by atoms with Crippen LogP contribution in [-0.4, -0.2) is 33.2 Å². The van der Waals surface area contributed by atoms with Crippen LogP contribution in [0.15, 0.2) is 29.4 Å². The van der Waals surface area contributed by atoms with Crippen LogP contribution in [0, 0.1) is 0 Å². The van der Waals surface area contributed by atoms with E-state index < -0.39 is 0 Å². The molecule has 0 spiro atoms. The fourth-order valence-electron chi connectivity index (χ4n) is 3.41. The number of ether oxygens (including phenoxy) is 1. The Hall–Kier alpha value is -2.42. The number of carbonyl (C=O) groups excluding carboxylic acids is 1. The maximum atomic E-state index is 11.6. The van der Waals surface area contributed by atoms with E-state index in [9.17, 15) is 4.79 Å². The third-order valence-corrected chi connectivity index (χ3v) is 5.73. The Balaban J connectivity index is 1.71. The number of nitrogen functional groups attached to an aromatic ring is 1. The molecule has 3 N–H and O–H groups in total. The summed E-state index contributed by atoms with van der Waals surface area (Å²) in [6, 6.07) is 7.94.